The normalized spacial score (nSPS) is 13.9. The second-order valence-corrected chi connectivity index (χ2v) is 5.69. The van der Waals surface area contributed by atoms with Crippen LogP contribution in [0.2, 0.25) is 0 Å². The van der Waals surface area contributed by atoms with Crippen molar-refractivity contribution in [2.24, 2.45) is 0 Å². The van der Waals surface area contributed by atoms with Crippen LogP contribution in [0.3, 0.4) is 0 Å². The van der Waals surface area contributed by atoms with Crippen molar-refractivity contribution in [2.45, 2.75) is 13.0 Å². The largest absolute Gasteiger partial charge is 0.396 e. The van der Waals surface area contributed by atoms with Gasteiger partial charge in [-0.25, -0.2) is 4.98 Å². The molecular weight excluding hydrogens is 290 g/mol. The van der Waals surface area contributed by atoms with Crippen molar-refractivity contribution in [1.82, 2.24) is 14.9 Å². The zero-order valence-corrected chi connectivity index (χ0v) is 12.6. The van der Waals surface area contributed by atoms with E-state index in [-0.39, 0.29) is 12.5 Å². The van der Waals surface area contributed by atoms with Gasteiger partial charge < -0.3 is 15.0 Å². The van der Waals surface area contributed by atoms with Crippen LogP contribution in [0.25, 0.3) is 22.4 Å². The van der Waals surface area contributed by atoms with Crippen molar-refractivity contribution in [2.75, 3.05) is 13.2 Å². The van der Waals surface area contributed by atoms with Crippen LogP contribution in [-0.2, 0) is 13.0 Å². The first-order valence-electron chi connectivity index (χ1n) is 7.75. The van der Waals surface area contributed by atoms with Crippen LogP contribution in [0.15, 0.2) is 42.5 Å². The standard InChI is InChI=1S/C18H17N3O2/c22-11-8-12-4-6-13(7-5-12)17-20-15-3-1-2-14-16(15)21(17)10-9-19-18(14)23/h1-7,22H,8-11H2,(H,19,23). The van der Waals surface area contributed by atoms with Crippen LogP contribution in [0.5, 0.6) is 0 Å². The summed E-state index contributed by atoms with van der Waals surface area (Å²) in [4.78, 5) is 16.9. The van der Waals surface area contributed by atoms with Crippen LogP contribution in [0.4, 0.5) is 0 Å². The third-order valence-electron chi connectivity index (χ3n) is 4.24. The van der Waals surface area contributed by atoms with Crippen molar-refractivity contribution in [3.8, 4) is 11.4 Å². The molecule has 0 radical (unpaired) electrons. The number of hydrogen-bond donors (Lipinski definition) is 2. The molecule has 2 heterocycles. The Hall–Kier alpha value is -2.66. The molecule has 1 amide bonds. The number of para-hydroxylation sites is 1. The average Bonchev–Trinajstić information content (AvgIpc) is 2.85. The van der Waals surface area contributed by atoms with E-state index < -0.39 is 0 Å². The number of aliphatic hydroxyl groups is 1. The van der Waals surface area contributed by atoms with Crippen LogP contribution in [0.1, 0.15) is 15.9 Å². The lowest BCUT2D eigenvalue weighted by atomic mass is 10.1. The van der Waals surface area contributed by atoms with Gasteiger partial charge in [-0.15, -0.1) is 0 Å². The van der Waals surface area contributed by atoms with Crippen molar-refractivity contribution in [3.63, 3.8) is 0 Å². The van der Waals surface area contributed by atoms with Gasteiger partial charge in [0.25, 0.3) is 5.91 Å². The molecule has 2 N–H and O–H groups in total. The fourth-order valence-electron chi connectivity index (χ4n) is 3.13. The van der Waals surface area contributed by atoms with E-state index in [4.69, 9.17) is 10.1 Å². The number of aromatic nitrogens is 2. The Labute approximate surface area is 133 Å². The molecule has 0 fully saturated rings. The fraction of sp³-hybridized carbons (Fsp3) is 0.222. The monoisotopic (exact) mass is 307 g/mol. The summed E-state index contributed by atoms with van der Waals surface area (Å²) < 4.78 is 2.11. The predicted octanol–water partition coefficient (Wildman–Crippen LogP) is 1.98. The van der Waals surface area contributed by atoms with Gasteiger partial charge in [0.1, 0.15) is 5.82 Å². The molecule has 0 bridgehead atoms. The van der Waals surface area contributed by atoms with Crippen LogP contribution < -0.4 is 5.32 Å². The molecule has 0 spiro atoms. The summed E-state index contributed by atoms with van der Waals surface area (Å²) in [7, 11) is 0. The van der Waals surface area contributed by atoms with Crippen molar-refractivity contribution in [1.29, 1.82) is 0 Å². The Morgan fingerprint density at radius 3 is 2.78 bits per heavy atom. The Kier molecular flexibility index (Phi) is 3.35. The first-order valence-corrected chi connectivity index (χ1v) is 7.75. The van der Waals surface area contributed by atoms with E-state index in [0.717, 1.165) is 28.0 Å². The molecule has 5 heteroatoms. The van der Waals surface area contributed by atoms with E-state index in [0.29, 0.717) is 25.1 Å². The number of rotatable bonds is 3. The first-order chi connectivity index (χ1) is 11.3. The minimum atomic E-state index is -0.0425. The van der Waals surface area contributed by atoms with Gasteiger partial charge in [-0.3, -0.25) is 4.79 Å². The molecule has 3 aromatic rings. The number of benzene rings is 2. The second-order valence-electron chi connectivity index (χ2n) is 5.69. The number of carbonyl (C=O) groups excluding carboxylic acids is 1. The molecule has 116 valence electrons. The van der Waals surface area contributed by atoms with Gasteiger partial charge in [-0.2, -0.15) is 0 Å². The van der Waals surface area contributed by atoms with Gasteiger partial charge in [-0.1, -0.05) is 30.3 Å². The molecule has 23 heavy (non-hydrogen) atoms. The molecule has 0 aliphatic carbocycles. The lowest BCUT2D eigenvalue weighted by Gasteiger charge is -2.08. The number of aliphatic hydroxyl groups excluding tert-OH is 1. The number of imidazole rings is 1. The number of nitrogens with zero attached hydrogens (tertiary/aromatic N) is 2. The van der Waals surface area contributed by atoms with E-state index in [1.807, 2.05) is 42.5 Å². The SMILES string of the molecule is O=C1NCCn2c(-c3ccc(CCO)cc3)nc3cccc1c32. The summed E-state index contributed by atoms with van der Waals surface area (Å²) in [6.45, 7) is 1.44. The van der Waals surface area contributed by atoms with Crippen LogP contribution >= 0.6 is 0 Å². The summed E-state index contributed by atoms with van der Waals surface area (Å²) in [5.74, 6) is 0.832. The summed E-state index contributed by atoms with van der Waals surface area (Å²) in [6, 6.07) is 13.7. The topological polar surface area (TPSA) is 67.2 Å². The lowest BCUT2D eigenvalue weighted by Crippen LogP contribution is -2.24. The quantitative estimate of drug-likeness (QED) is 0.777. The molecule has 1 aromatic heterocycles. The first kappa shape index (κ1) is 14.0. The summed E-state index contributed by atoms with van der Waals surface area (Å²) >= 11 is 0. The van der Waals surface area contributed by atoms with Crippen LogP contribution in [-0.4, -0.2) is 33.7 Å². The summed E-state index contributed by atoms with van der Waals surface area (Å²) in [5, 5.41) is 11.9. The predicted molar refractivity (Wildman–Crippen MR) is 88.3 cm³/mol. The molecule has 0 saturated carbocycles. The zero-order chi connectivity index (χ0) is 15.8. The Morgan fingerprint density at radius 2 is 2.00 bits per heavy atom. The van der Waals surface area contributed by atoms with Crippen molar-refractivity contribution < 1.29 is 9.90 Å². The molecule has 0 atom stereocenters. The number of amides is 1. The maximum absolute atomic E-state index is 12.2. The maximum atomic E-state index is 12.2. The van der Waals surface area contributed by atoms with E-state index >= 15 is 0 Å². The zero-order valence-electron chi connectivity index (χ0n) is 12.6. The van der Waals surface area contributed by atoms with Gasteiger partial charge >= 0.3 is 0 Å². The van der Waals surface area contributed by atoms with Gasteiger partial charge in [0.15, 0.2) is 0 Å². The van der Waals surface area contributed by atoms with E-state index in [2.05, 4.69) is 9.88 Å². The molecule has 5 nitrogen and oxygen atoms in total. The third-order valence-corrected chi connectivity index (χ3v) is 4.24. The molecule has 0 saturated heterocycles. The van der Waals surface area contributed by atoms with E-state index in [9.17, 15) is 4.79 Å². The number of nitrogens with one attached hydrogen (secondary N) is 1. The van der Waals surface area contributed by atoms with Gasteiger partial charge in [0, 0.05) is 25.3 Å². The highest BCUT2D eigenvalue weighted by Crippen LogP contribution is 2.28. The number of hydrogen-bond acceptors (Lipinski definition) is 3. The van der Waals surface area contributed by atoms with Gasteiger partial charge in [0.05, 0.1) is 16.6 Å². The molecule has 2 aromatic carbocycles. The Bertz CT molecular complexity index is 881. The molecule has 1 aliphatic rings. The highest BCUT2D eigenvalue weighted by atomic mass is 16.3. The van der Waals surface area contributed by atoms with Gasteiger partial charge in [0.2, 0.25) is 0 Å². The fourth-order valence-corrected chi connectivity index (χ4v) is 3.13. The van der Waals surface area contributed by atoms with E-state index in [1.165, 1.54) is 0 Å². The Balaban J connectivity index is 1.89. The smallest absolute Gasteiger partial charge is 0.253 e. The van der Waals surface area contributed by atoms with Crippen molar-refractivity contribution in [3.05, 3.63) is 53.6 Å². The highest BCUT2D eigenvalue weighted by molar-refractivity contribution is 6.06. The third kappa shape index (κ3) is 2.29. The van der Waals surface area contributed by atoms with Crippen LogP contribution in [0, 0.1) is 0 Å². The average molecular weight is 307 g/mol. The summed E-state index contributed by atoms with van der Waals surface area (Å²) in [6.07, 6.45) is 0.652. The summed E-state index contributed by atoms with van der Waals surface area (Å²) in [5.41, 5.74) is 4.53. The maximum Gasteiger partial charge on any atom is 0.253 e. The number of carbonyl (C=O) groups is 1. The molecule has 1 aliphatic heterocycles. The minimum absolute atomic E-state index is 0.0425. The highest BCUT2D eigenvalue weighted by Gasteiger charge is 2.21. The minimum Gasteiger partial charge on any atom is -0.396 e. The lowest BCUT2D eigenvalue weighted by molar-refractivity contribution is 0.0956. The Morgan fingerprint density at radius 1 is 1.17 bits per heavy atom. The van der Waals surface area contributed by atoms with Gasteiger partial charge in [-0.05, 0) is 24.1 Å². The van der Waals surface area contributed by atoms with E-state index in [1.54, 1.807) is 0 Å². The molecular formula is C18H17N3O2. The second kappa shape index (κ2) is 5.52. The van der Waals surface area contributed by atoms with Crippen molar-refractivity contribution >= 4 is 16.9 Å². The molecule has 4 rings (SSSR count). The molecule has 0 unspecified atom stereocenters.